The molecule has 0 radical (unpaired) electrons. The number of halogens is 3. The summed E-state index contributed by atoms with van der Waals surface area (Å²) >= 11 is 12.6. The zero-order valence-electron chi connectivity index (χ0n) is 26.6. The minimum absolute atomic E-state index is 0. The van der Waals surface area contributed by atoms with E-state index in [1.807, 2.05) is 71.3 Å². The van der Waals surface area contributed by atoms with Gasteiger partial charge in [0.05, 0.1) is 24.6 Å². The molecule has 3 aromatic carbocycles. The molecular formula is C35H41Cl3N4O4. The molecule has 0 unspecified atom stereocenters. The first-order valence-electron chi connectivity index (χ1n) is 15.3. The largest absolute Gasteiger partial charge is 0.493 e. The zero-order chi connectivity index (χ0) is 32.3. The summed E-state index contributed by atoms with van der Waals surface area (Å²) in [5, 5.41) is 10.4. The predicted molar refractivity (Wildman–Crippen MR) is 186 cm³/mol. The lowest BCUT2D eigenvalue weighted by Crippen LogP contribution is -2.54. The van der Waals surface area contributed by atoms with Gasteiger partial charge in [0, 0.05) is 42.8 Å². The molecule has 0 bridgehead atoms. The highest BCUT2D eigenvalue weighted by Gasteiger charge is 2.45. The highest BCUT2D eigenvalue weighted by Crippen LogP contribution is 2.46. The van der Waals surface area contributed by atoms with Crippen LogP contribution in [0.25, 0.3) is 0 Å². The number of hydrogen-bond acceptors (Lipinski definition) is 5. The Labute approximate surface area is 287 Å². The Bertz CT molecular complexity index is 1550. The number of carboxylic acid groups (broad SMARTS) is 1. The Hall–Kier alpha value is -3.30. The monoisotopic (exact) mass is 686 g/mol. The van der Waals surface area contributed by atoms with Gasteiger partial charge in [-0.25, -0.2) is 4.79 Å². The van der Waals surface area contributed by atoms with Crippen LogP contribution in [0.15, 0.2) is 71.7 Å². The average Bonchev–Trinajstić information content (AvgIpc) is 3.40. The molecule has 0 saturated carbocycles. The number of hydrogen-bond donors (Lipinski definition) is 1. The van der Waals surface area contributed by atoms with Crippen LogP contribution in [-0.2, 0) is 10.2 Å². The van der Waals surface area contributed by atoms with E-state index in [9.17, 15) is 9.59 Å². The van der Waals surface area contributed by atoms with E-state index in [2.05, 4.69) is 37.8 Å². The van der Waals surface area contributed by atoms with E-state index in [4.69, 9.17) is 38.0 Å². The van der Waals surface area contributed by atoms with Crippen LogP contribution < -0.4 is 4.74 Å². The lowest BCUT2D eigenvalue weighted by atomic mass is 9.86. The summed E-state index contributed by atoms with van der Waals surface area (Å²) in [6.07, 6.45) is 0.0725. The molecule has 2 atom stereocenters. The first-order valence-corrected chi connectivity index (χ1v) is 16.1. The van der Waals surface area contributed by atoms with Gasteiger partial charge >= 0.3 is 12.0 Å². The van der Waals surface area contributed by atoms with Gasteiger partial charge in [0.15, 0.2) is 0 Å². The Morgan fingerprint density at radius 1 is 0.913 bits per heavy atom. The fourth-order valence-corrected chi connectivity index (χ4v) is 6.12. The third-order valence-electron chi connectivity index (χ3n) is 8.37. The normalized spacial score (nSPS) is 18.6. The zero-order valence-corrected chi connectivity index (χ0v) is 28.9. The second-order valence-electron chi connectivity index (χ2n) is 12.5. The molecule has 2 aliphatic heterocycles. The number of carbonyl (C=O) groups excluding carboxylic acids is 1. The van der Waals surface area contributed by atoms with Gasteiger partial charge in [-0.15, -0.1) is 12.4 Å². The molecule has 0 aromatic heterocycles. The number of urea groups is 1. The SMILES string of the molecule is CCOc1cc(C(C)(C)C)ccc1C1=N[C@@H](c2ccc(Cl)cc2)[C@@H](c2ccc(Cl)cc2)N1C(=O)N1CCN(CCC(=O)O)CC1.Cl. The summed E-state index contributed by atoms with van der Waals surface area (Å²) in [6.45, 7) is 11.5. The van der Waals surface area contributed by atoms with E-state index in [0.717, 1.165) is 22.3 Å². The van der Waals surface area contributed by atoms with Gasteiger partial charge in [-0.1, -0.05) is 74.3 Å². The van der Waals surface area contributed by atoms with E-state index < -0.39 is 18.1 Å². The molecule has 1 fully saturated rings. The molecule has 46 heavy (non-hydrogen) atoms. The lowest BCUT2D eigenvalue weighted by Gasteiger charge is -2.39. The summed E-state index contributed by atoms with van der Waals surface area (Å²) in [7, 11) is 0. The van der Waals surface area contributed by atoms with Crippen molar-refractivity contribution in [2.24, 2.45) is 4.99 Å². The summed E-state index contributed by atoms with van der Waals surface area (Å²) in [5.74, 6) is 0.386. The number of piperazine rings is 1. The van der Waals surface area contributed by atoms with Crippen molar-refractivity contribution in [1.82, 2.24) is 14.7 Å². The molecule has 2 aliphatic rings. The Morgan fingerprint density at radius 3 is 2.04 bits per heavy atom. The molecule has 8 nitrogen and oxygen atoms in total. The standard InChI is InChI=1S/C35H40Cl2N4O4.ClH/c1-5-45-29-22-25(35(2,3)4)10-15-28(29)33-38-31(23-6-11-26(36)12-7-23)32(24-8-13-27(37)14-9-24)41(33)34(44)40-20-18-39(19-21-40)17-16-30(42)43;/h6-15,22,31-32H,5,16-21H2,1-4H3,(H,42,43);1H/t31-,32+;/m0./s1. The molecule has 3 aromatic rings. The van der Waals surface area contributed by atoms with Crippen LogP contribution in [0.3, 0.4) is 0 Å². The minimum atomic E-state index is -0.826. The van der Waals surface area contributed by atoms with Crippen molar-refractivity contribution < 1.29 is 19.4 Å². The molecule has 2 amide bonds. The summed E-state index contributed by atoms with van der Waals surface area (Å²) < 4.78 is 6.21. The van der Waals surface area contributed by atoms with Crippen LogP contribution in [0.1, 0.15) is 68.5 Å². The maximum atomic E-state index is 14.7. The number of rotatable bonds is 8. The third kappa shape index (κ3) is 7.97. The number of carbonyl (C=O) groups is 2. The van der Waals surface area contributed by atoms with E-state index in [0.29, 0.717) is 61.0 Å². The van der Waals surface area contributed by atoms with Crippen molar-refractivity contribution >= 4 is 53.4 Å². The number of amidine groups is 1. The van der Waals surface area contributed by atoms with Crippen molar-refractivity contribution in [3.63, 3.8) is 0 Å². The number of amides is 2. The highest BCUT2D eigenvalue weighted by molar-refractivity contribution is 6.30. The number of nitrogens with zero attached hydrogens (tertiary/aromatic N) is 4. The predicted octanol–water partition coefficient (Wildman–Crippen LogP) is 7.87. The summed E-state index contributed by atoms with van der Waals surface area (Å²) in [5.41, 5.74) is 3.58. The van der Waals surface area contributed by atoms with Crippen LogP contribution in [0, 0.1) is 0 Å². The first kappa shape index (κ1) is 35.6. The van der Waals surface area contributed by atoms with Crippen LogP contribution in [0.5, 0.6) is 5.75 Å². The van der Waals surface area contributed by atoms with Gasteiger partial charge in [0.1, 0.15) is 17.6 Å². The average molecular weight is 688 g/mol. The number of carboxylic acids is 1. The first-order chi connectivity index (χ1) is 21.5. The molecule has 5 rings (SSSR count). The van der Waals surface area contributed by atoms with Crippen molar-refractivity contribution in [3.05, 3.63) is 99.0 Å². The minimum Gasteiger partial charge on any atom is -0.493 e. The van der Waals surface area contributed by atoms with Gasteiger partial charge in [0.2, 0.25) is 0 Å². The second-order valence-corrected chi connectivity index (χ2v) is 13.3. The smallest absolute Gasteiger partial charge is 0.326 e. The van der Waals surface area contributed by atoms with Crippen molar-refractivity contribution in [2.75, 3.05) is 39.3 Å². The van der Waals surface area contributed by atoms with Gasteiger partial charge in [-0.2, -0.15) is 0 Å². The molecule has 11 heteroatoms. The molecule has 1 N–H and O–H groups in total. The maximum absolute atomic E-state index is 14.7. The van der Waals surface area contributed by atoms with E-state index >= 15 is 0 Å². The van der Waals surface area contributed by atoms with Crippen LogP contribution in [0.4, 0.5) is 4.79 Å². The van der Waals surface area contributed by atoms with Crippen molar-refractivity contribution in [1.29, 1.82) is 0 Å². The fourth-order valence-electron chi connectivity index (χ4n) is 5.87. The van der Waals surface area contributed by atoms with Gasteiger partial charge in [-0.3, -0.25) is 19.6 Å². The summed E-state index contributed by atoms with van der Waals surface area (Å²) in [6, 6.07) is 20.3. The van der Waals surface area contributed by atoms with Crippen LogP contribution in [-0.4, -0.2) is 77.0 Å². The molecule has 1 saturated heterocycles. The number of aliphatic imine (C=N–C) groups is 1. The van der Waals surface area contributed by atoms with Crippen LogP contribution in [0.2, 0.25) is 10.0 Å². The topological polar surface area (TPSA) is 85.7 Å². The van der Waals surface area contributed by atoms with Crippen LogP contribution >= 0.6 is 35.6 Å². The molecular weight excluding hydrogens is 647 g/mol. The Kier molecular flexibility index (Phi) is 11.6. The van der Waals surface area contributed by atoms with Crippen molar-refractivity contribution in [2.45, 2.75) is 51.6 Å². The van der Waals surface area contributed by atoms with E-state index in [-0.39, 0.29) is 30.3 Å². The maximum Gasteiger partial charge on any atom is 0.326 e. The second kappa shape index (κ2) is 15.1. The van der Waals surface area contributed by atoms with Gasteiger partial charge < -0.3 is 14.7 Å². The van der Waals surface area contributed by atoms with Crippen molar-refractivity contribution in [3.8, 4) is 5.75 Å². The lowest BCUT2D eigenvalue weighted by molar-refractivity contribution is -0.137. The molecule has 246 valence electrons. The quantitative estimate of drug-likeness (QED) is 0.261. The highest BCUT2D eigenvalue weighted by atomic mass is 35.5. The molecule has 0 spiro atoms. The Morgan fingerprint density at radius 2 is 1.50 bits per heavy atom. The Balaban J connectivity index is 0.00000480. The van der Waals surface area contributed by atoms with E-state index in [1.54, 1.807) is 0 Å². The molecule has 0 aliphatic carbocycles. The number of ether oxygens (including phenoxy) is 1. The number of benzene rings is 3. The summed E-state index contributed by atoms with van der Waals surface area (Å²) in [4.78, 5) is 36.9. The molecule has 2 heterocycles. The van der Waals surface area contributed by atoms with Gasteiger partial charge in [-0.05, 0) is 65.4 Å². The van der Waals surface area contributed by atoms with E-state index in [1.165, 1.54) is 0 Å². The number of aliphatic carboxylic acids is 1. The fraction of sp³-hybridized carbons (Fsp3) is 0.400. The third-order valence-corrected chi connectivity index (χ3v) is 8.87. The van der Waals surface area contributed by atoms with Gasteiger partial charge in [0.25, 0.3) is 0 Å².